The molecule has 1 aromatic carbocycles. The van der Waals surface area contributed by atoms with E-state index in [-0.39, 0.29) is 12.2 Å². The van der Waals surface area contributed by atoms with Crippen molar-refractivity contribution < 1.29 is 14.9 Å². The molecule has 3 rings (SSSR count). The number of ether oxygens (including phenoxy) is 1. The molecule has 0 radical (unpaired) electrons. The summed E-state index contributed by atoms with van der Waals surface area (Å²) in [5, 5.41) is 19.1. The van der Waals surface area contributed by atoms with Crippen LogP contribution in [-0.4, -0.2) is 22.4 Å². The van der Waals surface area contributed by atoms with Gasteiger partial charge in [-0.05, 0) is 11.1 Å². The van der Waals surface area contributed by atoms with Crippen molar-refractivity contribution in [2.24, 2.45) is 0 Å². The highest BCUT2D eigenvalue weighted by atomic mass is 16.5. The molecule has 3 heteroatoms. The average Bonchev–Trinajstić information content (AvgIpc) is 2.66. The van der Waals surface area contributed by atoms with E-state index in [9.17, 15) is 10.2 Å². The molecule has 2 N–H and O–H groups in total. The molecule has 4 atom stereocenters. The SMILES string of the molecule is O[C@@H]1C2OC(c3ccccc32)[C@@H]1O. The Balaban J connectivity index is 2.16. The summed E-state index contributed by atoms with van der Waals surface area (Å²) < 4.78 is 5.47. The van der Waals surface area contributed by atoms with Crippen LogP contribution in [0.15, 0.2) is 24.3 Å². The minimum Gasteiger partial charge on any atom is -0.387 e. The van der Waals surface area contributed by atoms with Crippen molar-refractivity contribution in [1.29, 1.82) is 0 Å². The summed E-state index contributed by atoms with van der Waals surface area (Å²) in [5.41, 5.74) is 2.04. The molecule has 13 heavy (non-hydrogen) atoms. The third-order valence-corrected chi connectivity index (χ3v) is 2.87. The standard InChI is InChI=1S/C10H10O3/c11-7-8(12)10-6-4-2-1-3-5(6)9(7)13-10/h1-4,7-12H/t7-,8+,9?,10?. The molecule has 3 nitrogen and oxygen atoms in total. The van der Waals surface area contributed by atoms with Gasteiger partial charge in [0.1, 0.15) is 24.4 Å². The van der Waals surface area contributed by atoms with Crippen molar-refractivity contribution in [3.05, 3.63) is 35.4 Å². The van der Waals surface area contributed by atoms with Gasteiger partial charge in [0.15, 0.2) is 0 Å². The average molecular weight is 178 g/mol. The third kappa shape index (κ3) is 0.790. The molecule has 2 heterocycles. The Morgan fingerprint density at radius 1 is 0.923 bits per heavy atom. The maximum Gasteiger partial charge on any atom is 0.113 e. The maximum absolute atomic E-state index is 9.56. The Kier molecular flexibility index (Phi) is 1.34. The summed E-state index contributed by atoms with van der Waals surface area (Å²) in [6.45, 7) is 0. The van der Waals surface area contributed by atoms with Crippen LogP contribution in [0, 0.1) is 0 Å². The molecule has 1 saturated heterocycles. The van der Waals surface area contributed by atoms with Crippen molar-refractivity contribution in [3.63, 3.8) is 0 Å². The van der Waals surface area contributed by atoms with E-state index >= 15 is 0 Å². The summed E-state index contributed by atoms with van der Waals surface area (Å²) in [4.78, 5) is 0. The highest BCUT2D eigenvalue weighted by Crippen LogP contribution is 2.50. The lowest BCUT2D eigenvalue weighted by Crippen LogP contribution is -2.30. The van der Waals surface area contributed by atoms with E-state index in [0.717, 1.165) is 11.1 Å². The Bertz CT molecular complexity index is 317. The van der Waals surface area contributed by atoms with Crippen LogP contribution in [0.4, 0.5) is 0 Å². The molecule has 0 aromatic heterocycles. The number of fused-ring (bicyclic) bond motifs is 5. The molecule has 0 amide bonds. The lowest BCUT2D eigenvalue weighted by molar-refractivity contribution is 0.0217. The molecule has 0 aliphatic carbocycles. The molecule has 1 aromatic rings. The van der Waals surface area contributed by atoms with Gasteiger partial charge in [0.05, 0.1) is 0 Å². The first kappa shape index (κ1) is 7.50. The van der Waals surface area contributed by atoms with E-state index in [1.54, 1.807) is 0 Å². The fourth-order valence-electron chi connectivity index (χ4n) is 2.22. The second kappa shape index (κ2) is 2.32. The smallest absolute Gasteiger partial charge is 0.113 e. The summed E-state index contributed by atoms with van der Waals surface area (Å²) in [6, 6.07) is 7.72. The molecule has 2 aliphatic rings. The van der Waals surface area contributed by atoms with Crippen molar-refractivity contribution in [1.82, 2.24) is 0 Å². The van der Waals surface area contributed by atoms with Crippen LogP contribution in [0.2, 0.25) is 0 Å². The summed E-state index contributed by atoms with van der Waals surface area (Å²) >= 11 is 0. The second-order valence-corrected chi connectivity index (χ2v) is 3.59. The zero-order valence-electron chi connectivity index (χ0n) is 6.92. The highest BCUT2D eigenvalue weighted by Gasteiger charge is 2.50. The van der Waals surface area contributed by atoms with Crippen LogP contribution in [0.25, 0.3) is 0 Å². The van der Waals surface area contributed by atoms with Gasteiger partial charge in [0, 0.05) is 0 Å². The van der Waals surface area contributed by atoms with Gasteiger partial charge < -0.3 is 14.9 Å². The molecular formula is C10H10O3. The molecule has 2 unspecified atom stereocenters. The predicted octanol–water partition coefficient (Wildman–Crippen LogP) is 0.534. The van der Waals surface area contributed by atoms with E-state index in [0.29, 0.717) is 0 Å². The molecule has 2 bridgehead atoms. The number of hydrogen-bond donors (Lipinski definition) is 2. The molecule has 68 valence electrons. The first-order chi connectivity index (χ1) is 6.29. The van der Waals surface area contributed by atoms with Gasteiger partial charge >= 0.3 is 0 Å². The van der Waals surface area contributed by atoms with Gasteiger partial charge in [-0.25, -0.2) is 0 Å². The van der Waals surface area contributed by atoms with Crippen LogP contribution in [-0.2, 0) is 4.74 Å². The number of benzene rings is 1. The first-order valence-electron chi connectivity index (χ1n) is 4.39. The van der Waals surface area contributed by atoms with Crippen molar-refractivity contribution in [2.45, 2.75) is 24.4 Å². The normalized spacial score (nSPS) is 40.8. The summed E-state index contributed by atoms with van der Waals surface area (Å²) in [6.07, 6.45) is -2.17. The van der Waals surface area contributed by atoms with Crippen LogP contribution in [0.3, 0.4) is 0 Å². The van der Waals surface area contributed by atoms with Crippen LogP contribution in [0.1, 0.15) is 23.3 Å². The number of aliphatic hydroxyl groups excluding tert-OH is 2. The van der Waals surface area contributed by atoms with Crippen molar-refractivity contribution >= 4 is 0 Å². The minimum absolute atomic E-state index is 0.323. The molecule has 0 spiro atoms. The van der Waals surface area contributed by atoms with E-state index in [2.05, 4.69) is 0 Å². The lowest BCUT2D eigenvalue weighted by atomic mass is 9.88. The monoisotopic (exact) mass is 178 g/mol. The number of rotatable bonds is 0. The van der Waals surface area contributed by atoms with Gasteiger partial charge in [-0.1, -0.05) is 24.3 Å². The lowest BCUT2D eigenvalue weighted by Gasteiger charge is -2.21. The largest absolute Gasteiger partial charge is 0.387 e. The zero-order valence-corrected chi connectivity index (χ0v) is 6.92. The predicted molar refractivity (Wildman–Crippen MR) is 45.0 cm³/mol. The van der Waals surface area contributed by atoms with E-state index in [1.165, 1.54) is 0 Å². The summed E-state index contributed by atoms with van der Waals surface area (Å²) in [7, 11) is 0. The second-order valence-electron chi connectivity index (χ2n) is 3.59. The number of aliphatic hydroxyl groups is 2. The Morgan fingerprint density at radius 2 is 1.38 bits per heavy atom. The van der Waals surface area contributed by atoms with Gasteiger partial charge in [0.25, 0.3) is 0 Å². The fraction of sp³-hybridized carbons (Fsp3) is 0.400. The molecule has 2 aliphatic heterocycles. The minimum atomic E-state index is -0.764. The Morgan fingerprint density at radius 3 is 1.85 bits per heavy atom. The van der Waals surface area contributed by atoms with Gasteiger partial charge in [-0.15, -0.1) is 0 Å². The number of hydrogen-bond acceptors (Lipinski definition) is 3. The topological polar surface area (TPSA) is 49.7 Å². The third-order valence-electron chi connectivity index (χ3n) is 2.87. The molecule has 0 saturated carbocycles. The van der Waals surface area contributed by atoms with E-state index < -0.39 is 12.2 Å². The summed E-state index contributed by atoms with van der Waals surface area (Å²) in [5.74, 6) is 0. The molecule has 1 fully saturated rings. The van der Waals surface area contributed by atoms with Gasteiger partial charge in [-0.2, -0.15) is 0 Å². The molecular weight excluding hydrogens is 168 g/mol. The Hall–Kier alpha value is -0.900. The zero-order chi connectivity index (χ0) is 9.00. The Labute approximate surface area is 75.6 Å². The van der Waals surface area contributed by atoms with E-state index in [4.69, 9.17) is 4.74 Å². The van der Waals surface area contributed by atoms with Crippen LogP contribution >= 0.6 is 0 Å². The first-order valence-corrected chi connectivity index (χ1v) is 4.39. The van der Waals surface area contributed by atoms with Gasteiger partial charge in [-0.3, -0.25) is 0 Å². The highest BCUT2D eigenvalue weighted by molar-refractivity contribution is 5.39. The van der Waals surface area contributed by atoms with E-state index in [1.807, 2.05) is 24.3 Å². The fourth-order valence-corrected chi connectivity index (χ4v) is 2.22. The maximum atomic E-state index is 9.56. The van der Waals surface area contributed by atoms with Crippen molar-refractivity contribution in [2.75, 3.05) is 0 Å². The van der Waals surface area contributed by atoms with Crippen LogP contribution < -0.4 is 0 Å². The quantitative estimate of drug-likeness (QED) is 0.609. The van der Waals surface area contributed by atoms with Crippen molar-refractivity contribution in [3.8, 4) is 0 Å². The van der Waals surface area contributed by atoms with Gasteiger partial charge in [0.2, 0.25) is 0 Å². The van der Waals surface area contributed by atoms with Crippen LogP contribution in [0.5, 0.6) is 0 Å².